The Labute approximate surface area is 171 Å². The van der Waals surface area contributed by atoms with Crippen molar-refractivity contribution < 1.29 is 14.0 Å². The third-order valence-electron chi connectivity index (χ3n) is 6.68. The molecular weight excluding hydrogens is 367 g/mol. The highest BCUT2D eigenvalue weighted by atomic mass is 19.1. The summed E-state index contributed by atoms with van der Waals surface area (Å²) < 4.78 is 13.0. The molecule has 2 aliphatic rings. The topological polar surface area (TPSA) is 53.2 Å². The highest BCUT2D eigenvalue weighted by Crippen LogP contribution is 2.38. The predicted octanol–water partition coefficient (Wildman–Crippen LogP) is 4.36. The summed E-state index contributed by atoms with van der Waals surface area (Å²) in [5.41, 5.74) is 4.99. The van der Waals surface area contributed by atoms with E-state index >= 15 is 0 Å². The normalized spacial score (nSPS) is 21.7. The average molecular weight is 397 g/mol. The van der Waals surface area contributed by atoms with Gasteiger partial charge in [0, 0.05) is 41.4 Å². The van der Waals surface area contributed by atoms with Crippen LogP contribution in [-0.4, -0.2) is 41.1 Å². The second-order valence-electron chi connectivity index (χ2n) is 8.49. The SMILES string of the molecule is CCc1c(C)[nH]c2c1C(=O)C1CN(CCCC(=O)c3ccc(F)cc3)CCC1C2. The van der Waals surface area contributed by atoms with Crippen molar-refractivity contribution in [1.29, 1.82) is 0 Å². The molecule has 0 spiro atoms. The van der Waals surface area contributed by atoms with Crippen LogP contribution < -0.4 is 0 Å². The van der Waals surface area contributed by atoms with E-state index in [9.17, 15) is 14.0 Å². The fourth-order valence-electron chi connectivity index (χ4n) is 5.13. The van der Waals surface area contributed by atoms with E-state index in [4.69, 9.17) is 0 Å². The predicted molar refractivity (Wildman–Crippen MR) is 111 cm³/mol. The molecule has 4 nitrogen and oxygen atoms in total. The number of carbonyl (C=O) groups excluding carboxylic acids is 2. The molecular formula is C24H29FN2O2. The third kappa shape index (κ3) is 3.93. The fourth-order valence-corrected chi connectivity index (χ4v) is 5.13. The molecule has 2 atom stereocenters. The number of nitrogens with one attached hydrogen (secondary N) is 1. The molecule has 1 aliphatic carbocycles. The molecule has 0 bridgehead atoms. The largest absolute Gasteiger partial charge is 0.362 e. The van der Waals surface area contributed by atoms with Crippen molar-refractivity contribution in [3.05, 3.63) is 58.2 Å². The van der Waals surface area contributed by atoms with Crippen molar-refractivity contribution in [1.82, 2.24) is 9.88 Å². The molecule has 1 aromatic heterocycles. The van der Waals surface area contributed by atoms with Crippen LogP contribution in [0.25, 0.3) is 0 Å². The van der Waals surface area contributed by atoms with Gasteiger partial charge in [-0.1, -0.05) is 6.92 Å². The molecule has 5 heteroatoms. The lowest BCUT2D eigenvalue weighted by Crippen LogP contribution is -2.47. The zero-order valence-corrected chi connectivity index (χ0v) is 17.3. The van der Waals surface area contributed by atoms with E-state index in [-0.39, 0.29) is 17.5 Å². The smallest absolute Gasteiger partial charge is 0.169 e. The van der Waals surface area contributed by atoms with Crippen LogP contribution >= 0.6 is 0 Å². The Morgan fingerprint density at radius 1 is 1.28 bits per heavy atom. The van der Waals surface area contributed by atoms with Crippen LogP contribution in [0.3, 0.4) is 0 Å². The first kappa shape index (κ1) is 20.0. The number of H-pyrrole nitrogens is 1. The van der Waals surface area contributed by atoms with Crippen LogP contribution in [0.4, 0.5) is 4.39 Å². The fraction of sp³-hybridized carbons (Fsp3) is 0.500. The second kappa shape index (κ2) is 8.23. The Morgan fingerprint density at radius 2 is 2.03 bits per heavy atom. The van der Waals surface area contributed by atoms with E-state index in [0.29, 0.717) is 23.7 Å². The van der Waals surface area contributed by atoms with Gasteiger partial charge in [-0.05, 0) is 81.4 Å². The summed E-state index contributed by atoms with van der Waals surface area (Å²) in [6, 6.07) is 5.75. The van der Waals surface area contributed by atoms with Crippen molar-refractivity contribution in [2.45, 2.75) is 46.0 Å². The number of benzene rings is 1. The minimum atomic E-state index is -0.325. The molecule has 2 heterocycles. The molecule has 2 unspecified atom stereocenters. The van der Waals surface area contributed by atoms with Gasteiger partial charge in [0.15, 0.2) is 11.6 Å². The first-order valence-electron chi connectivity index (χ1n) is 10.7. The summed E-state index contributed by atoms with van der Waals surface area (Å²) in [7, 11) is 0. The number of halogens is 1. The lowest BCUT2D eigenvalue weighted by molar-refractivity contribution is 0.0652. The first-order valence-corrected chi connectivity index (χ1v) is 10.7. The first-order chi connectivity index (χ1) is 14.0. The van der Waals surface area contributed by atoms with Crippen molar-refractivity contribution in [3.63, 3.8) is 0 Å². The van der Waals surface area contributed by atoms with Gasteiger partial charge in [0.05, 0.1) is 0 Å². The minimum Gasteiger partial charge on any atom is -0.362 e. The summed E-state index contributed by atoms with van der Waals surface area (Å²) in [5.74, 6) is 0.533. The number of rotatable bonds is 6. The average Bonchev–Trinajstić information content (AvgIpc) is 3.04. The number of hydrogen-bond donors (Lipinski definition) is 1. The van der Waals surface area contributed by atoms with E-state index < -0.39 is 0 Å². The lowest BCUT2D eigenvalue weighted by Gasteiger charge is -2.40. The minimum absolute atomic E-state index is 0.0497. The Kier molecular flexibility index (Phi) is 5.68. The molecule has 0 radical (unpaired) electrons. The Bertz CT molecular complexity index is 916. The molecule has 2 aromatic rings. The number of carbonyl (C=O) groups is 2. The number of fused-ring (bicyclic) bond motifs is 2. The van der Waals surface area contributed by atoms with E-state index in [0.717, 1.165) is 62.3 Å². The van der Waals surface area contributed by atoms with E-state index in [1.54, 1.807) is 12.1 Å². The maximum Gasteiger partial charge on any atom is 0.169 e. The number of likely N-dealkylation sites (tertiary alicyclic amines) is 1. The number of ketones is 2. The van der Waals surface area contributed by atoms with Gasteiger partial charge in [-0.25, -0.2) is 4.39 Å². The van der Waals surface area contributed by atoms with Gasteiger partial charge < -0.3 is 9.88 Å². The van der Waals surface area contributed by atoms with E-state index in [2.05, 4.69) is 23.7 Å². The molecule has 29 heavy (non-hydrogen) atoms. The molecule has 154 valence electrons. The third-order valence-corrected chi connectivity index (χ3v) is 6.68. The van der Waals surface area contributed by atoms with Crippen LogP contribution in [0, 0.1) is 24.6 Å². The Balaban J connectivity index is 1.35. The molecule has 0 amide bonds. The van der Waals surface area contributed by atoms with Gasteiger partial charge in [-0.2, -0.15) is 0 Å². The summed E-state index contributed by atoms with van der Waals surface area (Å²) in [6.07, 6.45) is 4.10. The molecule has 1 saturated heterocycles. The summed E-state index contributed by atoms with van der Waals surface area (Å²) in [4.78, 5) is 31.3. The van der Waals surface area contributed by atoms with Crippen molar-refractivity contribution in [2.75, 3.05) is 19.6 Å². The number of piperidine rings is 1. The molecule has 4 rings (SSSR count). The highest BCUT2D eigenvalue weighted by Gasteiger charge is 2.41. The molecule has 0 saturated carbocycles. The summed E-state index contributed by atoms with van der Waals surface area (Å²) in [5, 5.41) is 0. The maximum atomic E-state index is 13.3. The van der Waals surface area contributed by atoms with E-state index in [1.165, 1.54) is 17.7 Å². The van der Waals surface area contributed by atoms with Crippen molar-refractivity contribution >= 4 is 11.6 Å². The van der Waals surface area contributed by atoms with Crippen molar-refractivity contribution in [2.24, 2.45) is 11.8 Å². The standard InChI is InChI=1S/C24H29FN2O2/c1-3-19-15(2)26-21-13-17-10-12-27(14-20(17)24(29)23(19)21)11-4-5-22(28)16-6-8-18(25)9-7-16/h6-9,17,20,26H,3-5,10-14H2,1-2H3. The highest BCUT2D eigenvalue weighted by molar-refractivity contribution is 6.02. The van der Waals surface area contributed by atoms with Crippen LogP contribution in [0.5, 0.6) is 0 Å². The van der Waals surface area contributed by atoms with E-state index in [1.807, 2.05) is 0 Å². The number of Topliss-reactive ketones (excluding diaryl/α,β-unsaturated/α-hetero) is 2. The number of nitrogens with zero attached hydrogens (tertiary/aromatic N) is 1. The van der Waals surface area contributed by atoms with Gasteiger partial charge >= 0.3 is 0 Å². The zero-order chi connectivity index (χ0) is 20.5. The lowest BCUT2D eigenvalue weighted by atomic mass is 9.72. The van der Waals surface area contributed by atoms with Gasteiger partial charge in [0.1, 0.15) is 5.82 Å². The number of aromatic amines is 1. The Hall–Kier alpha value is -2.27. The van der Waals surface area contributed by atoms with Crippen LogP contribution in [0.1, 0.15) is 63.9 Å². The quantitative estimate of drug-likeness (QED) is 0.738. The van der Waals surface area contributed by atoms with Crippen LogP contribution in [0.2, 0.25) is 0 Å². The van der Waals surface area contributed by atoms with Gasteiger partial charge in [-0.3, -0.25) is 9.59 Å². The molecule has 1 aromatic carbocycles. The molecule has 1 N–H and O–H groups in total. The summed E-state index contributed by atoms with van der Waals surface area (Å²) in [6.45, 7) is 6.78. The maximum absolute atomic E-state index is 13.3. The molecule has 1 fully saturated rings. The number of aryl methyl sites for hydroxylation is 1. The molecule has 1 aliphatic heterocycles. The van der Waals surface area contributed by atoms with Gasteiger partial charge in [0.25, 0.3) is 0 Å². The number of aromatic nitrogens is 1. The van der Waals surface area contributed by atoms with Gasteiger partial charge in [0.2, 0.25) is 0 Å². The number of hydrogen-bond acceptors (Lipinski definition) is 3. The van der Waals surface area contributed by atoms with Crippen LogP contribution in [-0.2, 0) is 12.8 Å². The summed E-state index contributed by atoms with van der Waals surface area (Å²) >= 11 is 0. The van der Waals surface area contributed by atoms with Crippen LogP contribution in [0.15, 0.2) is 24.3 Å². The monoisotopic (exact) mass is 396 g/mol. The second-order valence-corrected chi connectivity index (χ2v) is 8.49. The zero-order valence-electron chi connectivity index (χ0n) is 17.3. The van der Waals surface area contributed by atoms with Gasteiger partial charge in [-0.15, -0.1) is 0 Å². The van der Waals surface area contributed by atoms with Crippen molar-refractivity contribution in [3.8, 4) is 0 Å². The Morgan fingerprint density at radius 3 is 2.76 bits per heavy atom.